The molecule has 4 nitrogen and oxygen atoms in total. The van der Waals surface area contributed by atoms with Gasteiger partial charge in [-0.15, -0.1) is 0 Å². The van der Waals surface area contributed by atoms with E-state index >= 15 is 0 Å². The lowest BCUT2D eigenvalue weighted by molar-refractivity contribution is -0.384. The van der Waals surface area contributed by atoms with Crippen LogP contribution < -0.4 is 0 Å². The predicted molar refractivity (Wildman–Crippen MR) is 91.7 cm³/mol. The minimum absolute atomic E-state index is 0.0215. The first-order chi connectivity index (χ1) is 10.8. The molecule has 0 aliphatic rings. The Morgan fingerprint density at radius 2 is 1.83 bits per heavy atom. The molecule has 0 atom stereocenters. The molecule has 0 spiro atoms. The Labute approximate surface area is 135 Å². The average Bonchev–Trinajstić information content (AvgIpc) is 2.52. The molecule has 0 aromatic heterocycles. The third-order valence-electron chi connectivity index (χ3n) is 3.58. The molecule has 0 fully saturated rings. The number of nitriles is 1. The molecule has 2 aromatic carbocycles. The number of rotatable bonds is 3. The fourth-order valence-corrected chi connectivity index (χ4v) is 2.21. The molecule has 0 saturated heterocycles. The van der Waals surface area contributed by atoms with Gasteiger partial charge in [-0.1, -0.05) is 57.2 Å². The SMILES string of the molecule is CC(C)(C)c1ccc(C=C(C#N)c2cccc([N+](=O)[O-])c2)cc1. The molecule has 4 heteroatoms. The van der Waals surface area contributed by atoms with E-state index in [1.54, 1.807) is 18.2 Å². The molecule has 0 heterocycles. The predicted octanol–water partition coefficient (Wildman–Crippen LogP) is 4.96. The van der Waals surface area contributed by atoms with Crippen molar-refractivity contribution >= 4 is 17.3 Å². The highest BCUT2D eigenvalue weighted by atomic mass is 16.6. The van der Waals surface area contributed by atoms with Crippen molar-refractivity contribution in [1.82, 2.24) is 0 Å². The molecule has 23 heavy (non-hydrogen) atoms. The number of non-ortho nitro benzene ring substituents is 1. The van der Waals surface area contributed by atoms with Crippen LogP contribution in [0.2, 0.25) is 0 Å². The van der Waals surface area contributed by atoms with E-state index in [1.165, 1.54) is 17.7 Å². The molecular formula is C19H18N2O2. The number of benzene rings is 2. The normalized spacial score (nSPS) is 11.8. The second-order valence-electron chi connectivity index (χ2n) is 6.35. The van der Waals surface area contributed by atoms with Gasteiger partial charge in [0, 0.05) is 12.1 Å². The maximum absolute atomic E-state index is 10.9. The lowest BCUT2D eigenvalue weighted by Crippen LogP contribution is -2.10. The molecular weight excluding hydrogens is 288 g/mol. The summed E-state index contributed by atoms with van der Waals surface area (Å²) >= 11 is 0. The van der Waals surface area contributed by atoms with Gasteiger partial charge in [-0.3, -0.25) is 10.1 Å². The lowest BCUT2D eigenvalue weighted by Gasteiger charge is -2.18. The Morgan fingerprint density at radius 1 is 1.17 bits per heavy atom. The van der Waals surface area contributed by atoms with Gasteiger partial charge in [0.15, 0.2) is 0 Å². The smallest absolute Gasteiger partial charge is 0.258 e. The molecule has 2 rings (SSSR count). The second-order valence-corrected chi connectivity index (χ2v) is 6.35. The Balaban J connectivity index is 2.38. The minimum Gasteiger partial charge on any atom is -0.258 e. The first kappa shape index (κ1) is 16.4. The fraction of sp³-hybridized carbons (Fsp3) is 0.211. The summed E-state index contributed by atoms with van der Waals surface area (Å²) in [6.07, 6.45) is 1.74. The fourth-order valence-electron chi connectivity index (χ4n) is 2.21. The van der Waals surface area contributed by atoms with E-state index in [9.17, 15) is 15.4 Å². The summed E-state index contributed by atoms with van der Waals surface area (Å²) in [7, 11) is 0. The molecule has 0 aliphatic heterocycles. The molecule has 0 aliphatic carbocycles. The van der Waals surface area contributed by atoms with Gasteiger partial charge in [0.1, 0.15) is 0 Å². The highest BCUT2D eigenvalue weighted by Gasteiger charge is 2.13. The van der Waals surface area contributed by atoms with Crippen LogP contribution in [-0.2, 0) is 5.41 Å². The summed E-state index contributed by atoms with van der Waals surface area (Å²) in [5, 5.41) is 20.2. The molecule has 0 radical (unpaired) electrons. The molecule has 0 saturated carbocycles. The van der Waals surface area contributed by atoms with Crippen molar-refractivity contribution in [2.75, 3.05) is 0 Å². The Hall–Kier alpha value is -2.93. The maximum atomic E-state index is 10.9. The molecule has 2 aromatic rings. The first-order valence-corrected chi connectivity index (χ1v) is 7.28. The number of allylic oxidation sites excluding steroid dienone is 1. The van der Waals surface area contributed by atoms with Gasteiger partial charge in [-0.05, 0) is 28.2 Å². The van der Waals surface area contributed by atoms with Crippen molar-refractivity contribution in [1.29, 1.82) is 5.26 Å². The molecule has 0 unspecified atom stereocenters. The lowest BCUT2D eigenvalue weighted by atomic mass is 9.86. The Morgan fingerprint density at radius 3 is 2.35 bits per heavy atom. The van der Waals surface area contributed by atoms with E-state index in [1.807, 2.05) is 24.3 Å². The van der Waals surface area contributed by atoms with E-state index in [0.29, 0.717) is 11.1 Å². The van der Waals surface area contributed by atoms with Crippen LogP contribution in [0.4, 0.5) is 5.69 Å². The van der Waals surface area contributed by atoms with Crippen LogP contribution in [0.5, 0.6) is 0 Å². The topological polar surface area (TPSA) is 66.9 Å². The number of nitrogens with zero attached hydrogens (tertiary/aromatic N) is 2. The van der Waals surface area contributed by atoms with Crippen molar-refractivity contribution in [3.05, 3.63) is 75.3 Å². The summed E-state index contributed by atoms with van der Waals surface area (Å²) in [5.74, 6) is 0. The molecule has 0 amide bonds. The van der Waals surface area contributed by atoms with Crippen molar-refractivity contribution in [3.63, 3.8) is 0 Å². The van der Waals surface area contributed by atoms with E-state index in [2.05, 4.69) is 26.8 Å². The highest BCUT2D eigenvalue weighted by Crippen LogP contribution is 2.25. The zero-order valence-corrected chi connectivity index (χ0v) is 13.4. The highest BCUT2D eigenvalue weighted by molar-refractivity contribution is 5.90. The number of nitro benzene ring substituents is 1. The monoisotopic (exact) mass is 306 g/mol. The minimum atomic E-state index is -0.462. The molecule has 0 N–H and O–H groups in total. The van der Waals surface area contributed by atoms with E-state index < -0.39 is 4.92 Å². The maximum Gasteiger partial charge on any atom is 0.270 e. The Kier molecular flexibility index (Phi) is 4.61. The van der Waals surface area contributed by atoms with E-state index in [-0.39, 0.29) is 11.1 Å². The third kappa shape index (κ3) is 4.04. The van der Waals surface area contributed by atoms with Gasteiger partial charge < -0.3 is 0 Å². The standard InChI is InChI=1S/C19H18N2O2/c1-19(2,3)17-9-7-14(8-10-17)11-16(13-20)15-5-4-6-18(12-15)21(22)23/h4-12H,1-3H3. The largest absolute Gasteiger partial charge is 0.270 e. The van der Waals surface area contributed by atoms with Crippen molar-refractivity contribution in [2.24, 2.45) is 0 Å². The van der Waals surface area contributed by atoms with Gasteiger partial charge in [0.25, 0.3) is 5.69 Å². The van der Waals surface area contributed by atoms with Crippen LogP contribution in [0.15, 0.2) is 48.5 Å². The van der Waals surface area contributed by atoms with Crippen LogP contribution in [-0.4, -0.2) is 4.92 Å². The average molecular weight is 306 g/mol. The summed E-state index contributed by atoms with van der Waals surface area (Å²) in [6.45, 7) is 6.42. The first-order valence-electron chi connectivity index (χ1n) is 7.28. The van der Waals surface area contributed by atoms with Crippen molar-refractivity contribution in [2.45, 2.75) is 26.2 Å². The zero-order chi connectivity index (χ0) is 17.0. The quantitative estimate of drug-likeness (QED) is 0.348. The summed E-state index contributed by atoms with van der Waals surface area (Å²) in [6, 6.07) is 16.2. The summed E-state index contributed by atoms with van der Waals surface area (Å²) < 4.78 is 0. The molecule has 116 valence electrons. The second kappa shape index (κ2) is 6.45. The van der Waals surface area contributed by atoms with Gasteiger partial charge >= 0.3 is 0 Å². The van der Waals surface area contributed by atoms with Gasteiger partial charge in [0.05, 0.1) is 16.6 Å². The van der Waals surface area contributed by atoms with E-state index in [0.717, 1.165) is 5.56 Å². The van der Waals surface area contributed by atoms with Crippen molar-refractivity contribution in [3.8, 4) is 6.07 Å². The van der Waals surface area contributed by atoms with Crippen LogP contribution in [0, 0.1) is 21.4 Å². The number of nitro groups is 1. The Bertz CT molecular complexity index is 791. The van der Waals surface area contributed by atoms with Crippen LogP contribution in [0.25, 0.3) is 11.6 Å². The van der Waals surface area contributed by atoms with Gasteiger partial charge in [-0.25, -0.2) is 0 Å². The zero-order valence-electron chi connectivity index (χ0n) is 13.4. The third-order valence-corrected chi connectivity index (χ3v) is 3.58. The van der Waals surface area contributed by atoms with Crippen LogP contribution >= 0.6 is 0 Å². The number of hydrogen-bond acceptors (Lipinski definition) is 3. The van der Waals surface area contributed by atoms with Crippen molar-refractivity contribution < 1.29 is 4.92 Å². The van der Waals surface area contributed by atoms with Gasteiger partial charge in [0.2, 0.25) is 0 Å². The molecule has 0 bridgehead atoms. The van der Waals surface area contributed by atoms with Crippen LogP contribution in [0.3, 0.4) is 0 Å². The van der Waals surface area contributed by atoms with Crippen LogP contribution in [0.1, 0.15) is 37.5 Å². The van der Waals surface area contributed by atoms with E-state index in [4.69, 9.17) is 0 Å². The van der Waals surface area contributed by atoms with Gasteiger partial charge in [-0.2, -0.15) is 5.26 Å². The summed E-state index contributed by atoms with van der Waals surface area (Å²) in [4.78, 5) is 10.4. The summed E-state index contributed by atoms with van der Waals surface area (Å²) in [5.41, 5.74) is 3.09. The number of hydrogen-bond donors (Lipinski definition) is 0.